The topological polar surface area (TPSA) is 46.1 Å². The first-order valence-corrected chi connectivity index (χ1v) is 4.37. The van der Waals surface area contributed by atoms with Crippen LogP contribution in [0.5, 0.6) is 0 Å². The van der Waals surface area contributed by atoms with E-state index < -0.39 is 0 Å². The van der Waals surface area contributed by atoms with Crippen LogP contribution in [0.1, 0.15) is 6.42 Å². The normalized spacial score (nSPS) is 21.8. The molecule has 4 heteroatoms. The molecule has 0 N–H and O–H groups in total. The van der Waals surface area contributed by atoms with Gasteiger partial charge in [-0.1, -0.05) is 0 Å². The zero-order chi connectivity index (χ0) is 9.10. The molecule has 0 saturated carbocycles. The van der Waals surface area contributed by atoms with Crippen LogP contribution in [0, 0.1) is 5.92 Å². The maximum atomic E-state index is 10.5. The Bertz CT molecular complexity index is 288. The summed E-state index contributed by atoms with van der Waals surface area (Å²) in [4.78, 5) is 20.8. The summed E-state index contributed by atoms with van der Waals surface area (Å²) in [6.45, 7) is 1.64. The average molecular weight is 177 g/mol. The molecule has 68 valence electrons. The molecule has 13 heavy (non-hydrogen) atoms. The molecule has 1 unspecified atom stereocenters. The van der Waals surface area contributed by atoms with E-state index in [0.29, 0.717) is 0 Å². The van der Waals surface area contributed by atoms with Gasteiger partial charge in [0.15, 0.2) is 0 Å². The standard InChI is InChI=1S/C9H11N3O/c13-7-8-2-5-12(6-8)9-10-3-1-4-11-9/h1,3-4,7-8H,2,5-6H2. The van der Waals surface area contributed by atoms with Gasteiger partial charge in [0.2, 0.25) is 5.95 Å². The second kappa shape index (κ2) is 3.51. The van der Waals surface area contributed by atoms with Crippen LogP contribution in [0.3, 0.4) is 0 Å². The molecule has 2 rings (SSSR count). The highest BCUT2D eigenvalue weighted by Gasteiger charge is 2.23. The van der Waals surface area contributed by atoms with Crippen molar-refractivity contribution in [3.05, 3.63) is 18.5 Å². The van der Waals surface area contributed by atoms with Crippen molar-refractivity contribution in [1.29, 1.82) is 0 Å². The molecule has 1 aliphatic rings. The number of hydrogen-bond donors (Lipinski definition) is 0. The number of anilines is 1. The molecule has 0 bridgehead atoms. The van der Waals surface area contributed by atoms with Gasteiger partial charge < -0.3 is 9.69 Å². The van der Waals surface area contributed by atoms with Crippen LogP contribution in [0.2, 0.25) is 0 Å². The van der Waals surface area contributed by atoms with Gasteiger partial charge >= 0.3 is 0 Å². The molecule has 2 heterocycles. The van der Waals surface area contributed by atoms with Gasteiger partial charge in [-0.15, -0.1) is 0 Å². The smallest absolute Gasteiger partial charge is 0.225 e. The number of rotatable bonds is 2. The minimum absolute atomic E-state index is 0.156. The molecule has 1 atom stereocenters. The van der Waals surface area contributed by atoms with Gasteiger partial charge in [-0.2, -0.15) is 0 Å². The molecular formula is C9H11N3O. The van der Waals surface area contributed by atoms with Gasteiger partial charge in [-0.3, -0.25) is 0 Å². The lowest BCUT2D eigenvalue weighted by Gasteiger charge is -2.13. The Balaban J connectivity index is 2.08. The second-order valence-electron chi connectivity index (χ2n) is 3.18. The van der Waals surface area contributed by atoms with Crippen molar-refractivity contribution in [2.24, 2.45) is 5.92 Å². The molecule has 0 aliphatic carbocycles. The summed E-state index contributed by atoms with van der Waals surface area (Å²) in [6, 6.07) is 1.79. The van der Waals surface area contributed by atoms with Crippen LogP contribution in [0.4, 0.5) is 5.95 Å². The van der Waals surface area contributed by atoms with Crippen LogP contribution in [-0.2, 0) is 4.79 Å². The maximum absolute atomic E-state index is 10.5. The monoisotopic (exact) mass is 177 g/mol. The Kier molecular flexibility index (Phi) is 2.21. The Morgan fingerprint density at radius 3 is 2.85 bits per heavy atom. The van der Waals surface area contributed by atoms with Gasteiger partial charge in [0.1, 0.15) is 6.29 Å². The van der Waals surface area contributed by atoms with Crippen molar-refractivity contribution < 1.29 is 4.79 Å². The lowest BCUT2D eigenvalue weighted by Crippen LogP contribution is -2.21. The number of hydrogen-bond acceptors (Lipinski definition) is 4. The van der Waals surface area contributed by atoms with E-state index in [1.54, 1.807) is 18.5 Å². The molecule has 4 nitrogen and oxygen atoms in total. The highest BCUT2D eigenvalue weighted by atomic mass is 16.1. The lowest BCUT2D eigenvalue weighted by atomic mass is 10.1. The lowest BCUT2D eigenvalue weighted by molar-refractivity contribution is -0.110. The van der Waals surface area contributed by atoms with Crippen LogP contribution in [0.25, 0.3) is 0 Å². The van der Waals surface area contributed by atoms with Crippen LogP contribution in [-0.4, -0.2) is 29.3 Å². The zero-order valence-corrected chi connectivity index (χ0v) is 7.26. The summed E-state index contributed by atoms with van der Waals surface area (Å²) in [7, 11) is 0. The third-order valence-corrected chi connectivity index (χ3v) is 2.25. The SMILES string of the molecule is O=CC1CCN(c2ncccn2)C1. The van der Waals surface area contributed by atoms with Crippen molar-refractivity contribution in [1.82, 2.24) is 9.97 Å². The largest absolute Gasteiger partial charge is 0.340 e. The summed E-state index contributed by atoms with van der Waals surface area (Å²) < 4.78 is 0. The molecule has 1 saturated heterocycles. The molecular weight excluding hydrogens is 166 g/mol. The maximum Gasteiger partial charge on any atom is 0.225 e. The quantitative estimate of drug-likeness (QED) is 0.617. The highest BCUT2D eigenvalue weighted by molar-refractivity contribution is 5.56. The van der Waals surface area contributed by atoms with Gasteiger partial charge in [-0.05, 0) is 12.5 Å². The fourth-order valence-electron chi connectivity index (χ4n) is 1.53. The van der Waals surface area contributed by atoms with E-state index in [1.807, 2.05) is 4.90 Å². The van der Waals surface area contributed by atoms with Crippen LogP contribution < -0.4 is 4.90 Å². The molecule has 1 aromatic rings. The molecule has 0 spiro atoms. The first-order valence-electron chi connectivity index (χ1n) is 4.37. The van der Waals surface area contributed by atoms with Gasteiger partial charge in [0.25, 0.3) is 0 Å². The van der Waals surface area contributed by atoms with E-state index in [4.69, 9.17) is 0 Å². The van der Waals surface area contributed by atoms with E-state index in [0.717, 1.165) is 31.7 Å². The summed E-state index contributed by atoms with van der Waals surface area (Å²) in [6.07, 6.45) is 5.37. The molecule has 1 aromatic heterocycles. The van der Waals surface area contributed by atoms with E-state index in [1.165, 1.54) is 0 Å². The summed E-state index contributed by atoms with van der Waals surface area (Å²) in [5, 5.41) is 0. The van der Waals surface area contributed by atoms with Crippen molar-refractivity contribution in [2.75, 3.05) is 18.0 Å². The zero-order valence-electron chi connectivity index (χ0n) is 7.26. The fourth-order valence-corrected chi connectivity index (χ4v) is 1.53. The van der Waals surface area contributed by atoms with E-state index >= 15 is 0 Å². The predicted molar refractivity (Wildman–Crippen MR) is 48.4 cm³/mol. The predicted octanol–water partition coefficient (Wildman–Crippen LogP) is 0.502. The van der Waals surface area contributed by atoms with Crippen molar-refractivity contribution >= 4 is 12.2 Å². The average Bonchev–Trinajstić information content (AvgIpc) is 2.67. The van der Waals surface area contributed by atoms with E-state index in [9.17, 15) is 4.79 Å². The Labute approximate surface area is 76.6 Å². The van der Waals surface area contributed by atoms with Crippen LogP contribution >= 0.6 is 0 Å². The molecule has 0 radical (unpaired) electrons. The second-order valence-corrected chi connectivity index (χ2v) is 3.18. The summed E-state index contributed by atoms with van der Waals surface area (Å²) >= 11 is 0. The number of carbonyl (C=O) groups excluding carboxylic acids is 1. The Morgan fingerprint density at radius 1 is 1.46 bits per heavy atom. The molecule has 1 fully saturated rings. The first-order chi connectivity index (χ1) is 6.40. The Morgan fingerprint density at radius 2 is 2.23 bits per heavy atom. The summed E-state index contributed by atoms with van der Waals surface area (Å²) in [5.41, 5.74) is 0. The number of carbonyl (C=O) groups is 1. The molecule has 0 aromatic carbocycles. The van der Waals surface area contributed by atoms with E-state index in [2.05, 4.69) is 9.97 Å². The highest BCUT2D eigenvalue weighted by Crippen LogP contribution is 2.17. The third-order valence-electron chi connectivity index (χ3n) is 2.25. The molecule has 1 aliphatic heterocycles. The van der Waals surface area contributed by atoms with Crippen LogP contribution in [0.15, 0.2) is 18.5 Å². The minimum Gasteiger partial charge on any atom is -0.340 e. The van der Waals surface area contributed by atoms with Gasteiger partial charge in [0.05, 0.1) is 0 Å². The summed E-state index contributed by atoms with van der Waals surface area (Å²) in [5.74, 6) is 0.885. The van der Waals surface area contributed by atoms with Crippen molar-refractivity contribution in [3.8, 4) is 0 Å². The fraction of sp³-hybridized carbons (Fsp3) is 0.444. The van der Waals surface area contributed by atoms with Crippen molar-refractivity contribution in [3.63, 3.8) is 0 Å². The Hall–Kier alpha value is -1.45. The van der Waals surface area contributed by atoms with E-state index in [-0.39, 0.29) is 5.92 Å². The van der Waals surface area contributed by atoms with Gasteiger partial charge in [0, 0.05) is 31.4 Å². The number of aromatic nitrogens is 2. The number of nitrogens with zero attached hydrogens (tertiary/aromatic N) is 3. The number of aldehydes is 1. The first kappa shape index (κ1) is 8.16. The minimum atomic E-state index is 0.156. The van der Waals surface area contributed by atoms with Gasteiger partial charge in [-0.25, -0.2) is 9.97 Å². The molecule has 0 amide bonds. The third kappa shape index (κ3) is 1.66. The van der Waals surface area contributed by atoms with Crippen molar-refractivity contribution in [2.45, 2.75) is 6.42 Å².